The molecule has 0 radical (unpaired) electrons. The molecule has 35 heavy (non-hydrogen) atoms. The number of nitrogens with zero attached hydrogens (tertiary/aromatic N) is 2. The molecule has 182 valence electrons. The fourth-order valence-electron chi connectivity index (χ4n) is 5.14. The summed E-state index contributed by atoms with van der Waals surface area (Å²) in [4.78, 5) is 15.5. The third-order valence-electron chi connectivity index (χ3n) is 6.71. The molecule has 1 atom stereocenters. The van der Waals surface area contributed by atoms with Crippen molar-refractivity contribution in [1.82, 2.24) is 4.90 Å². The number of para-hydroxylation sites is 1. The number of carbonyl (C=O) groups is 1. The van der Waals surface area contributed by atoms with Crippen LogP contribution in [0.1, 0.15) is 49.3 Å². The lowest BCUT2D eigenvalue weighted by atomic mass is 9.68. The minimum absolute atomic E-state index is 0.0532. The smallest absolute Gasteiger partial charge is 0.162 e. The van der Waals surface area contributed by atoms with Gasteiger partial charge >= 0.3 is 0 Å². The van der Waals surface area contributed by atoms with Crippen molar-refractivity contribution >= 4 is 5.78 Å². The average molecular weight is 472 g/mol. The van der Waals surface area contributed by atoms with Crippen LogP contribution in [0.5, 0.6) is 5.75 Å². The first-order chi connectivity index (χ1) is 16.8. The van der Waals surface area contributed by atoms with Gasteiger partial charge in [-0.1, -0.05) is 61.9 Å². The van der Waals surface area contributed by atoms with Gasteiger partial charge in [-0.3, -0.25) is 4.79 Å². The molecule has 0 aromatic heterocycles. The Kier molecular flexibility index (Phi) is 7.00. The van der Waals surface area contributed by atoms with Gasteiger partial charge in [-0.25, -0.2) is 0 Å². The number of carbonyl (C=O) groups excluding carboxylic acids is 1. The van der Waals surface area contributed by atoms with Crippen molar-refractivity contribution in [3.8, 4) is 11.8 Å². The Hall–Kier alpha value is -3.56. The van der Waals surface area contributed by atoms with Crippen LogP contribution in [0.15, 0.2) is 71.2 Å². The Morgan fingerprint density at radius 3 is 2.66 bits per heavy atom. The summed E-state index contributed by atoms with van der Waals surface area (Å²) < 4.78 is 11.6. The minimum Gasteiger partial charge on any atom is -0.489 e. The van der Waals surface area contributed by atoms with Crippen LogP contribution in [0.25, 0.3) is 0 Å². The van der Waals surface area contributed by atoms with E-state index < -0.39 is 5.92 Å². The number of nitrogens with two attached hydrogens (primary N) is 1. The highest BCUT2D eigenvalue weighted by Gasteiger charge is 2.44. The van der Waals surface area contributed by atoms with E-state index in [0.29, 0.717) is 55.3 Å². The fourth-order valence-corrected chi connectivity index (χ4v) is 5.14. The molecule has 1 aliphatic heterocycles. The van der Waals surface area contributed by atoms with E-state index in [1.165, 1.54) is 0 Å². The number of aryl methyl sites for hydroxylation is 1. The second kappa shape index (κ2) is 9.97. The summed E-state index contributed by atoms with van der Waals surface area (Å²) in [6.07, 6.45) is 1.12. The van der Waals surface area contributed by atoms with Crippen LogP contribution in [0, 0.1) is 23.7 Å². The molecule has 0 unspecified atom stereocenters. The van der Waals surface area contributed by atoms with E-state index >= 15 is 0 Å². The van der Waals surface area contributed by atoms with E-state index in [1.54, 1.807) is 7.11 Å². The molecular weight excluding hydrogens is 438 g/mol. The number of Topliss-reactive ketones (excluding diaryl/α,β-unsaturated/α-hetero) is 1. The number of rotatable bonds is 7. The molecule has 1 heterocycles. The Labute approximate surface area is 207 Å². The van der Waals surface area contributed by atoms with Crippen molar-refractivity contribution in [3.63, 3.8) is 0 Å². The number of ketones is 1. The standard InChI is InChI=1S/C29H33N3O3/c1-19-8-7-9-20(14-19)18-35-25-11-6-5-10-21(25)26-22(17-30)28(31)32(12-13-34-4)23-15-29(2,3)16-24(33)27(23)26/h5-11,14,26H,12-13,15-16,18,31H2,1-4H3/t26-/m1/s1. The molecule has 2 N–H and O–H groups in total. The van der Waals surface area contributed by atoms with E-state index in [4.69, 9.17) is 15.2 Å². The van der Waals surface area contributed by atoms with Gasteiger partial charge in [-0.15, -0.1) is 0 Å². The molecule has 2 aliphatic rings. The van der Waals surface area contributed by atoms with Crippen molar-refractivity contribution in [2.75, 3.05) is 20.3 Å². The summed E-state index contributed by atoms with van der Waals surface area (Å²) >= 11 is 0. The summed E-state index contributed by atoms with van der Waals surface area (Å²) in [5, 5.41) is 10.2. The predicted octanol–water partition coefficient (Wildman–Crippen LogP) is 4.96. The second-order valence-corrected chi connectivity index (χ2v) is 10.1. The third-order valence-corrected chi connectivity index (χ3v) is 6.71. The van der Waals surface area contributed by atoms with Crippen LogP contribution < -0.4 is 10.5 Å². The number of nitriles is 1. The van der Waals surface area contributed by atoms with Gasteiger partial charge in [-0.05, 0) is 30.4 Å². The maximum Gasteiger partial charge on any atom is 0.162 e. The lowest BCUT2D eigenvalue weighted by Crippen LogP contribution is -2.43. The van der Waals surface area contributed by atoms with Gasteiger partial charge in [0.2, 0.25) is 0 Å². The molecule has 2 aromatic rings. The first-order valence-electron chi connectivity index (χ1n) is 12.0. The number of benzene rings is 2. The van der Waals surface area contributed by atoms with Gasteiger partial charge in [0, 0.05) is 36.9 Å². The van der Waals surface area contributed by atoms with Crippen LogP contribution in [-0.2, 0) is 16.1 Å². The molecule has 0 fully saturated rings. The van der Waals surface area contributed by atoms with Crippen LogP contribution >= 0.6 is 0 Å². The van der Waals surface area contributed by atoms with E-state index in [1.807, 2.05) is 54.3 Å². The van der Waals surface area contributed by atoms with Crippen LogP contribution in [0.4, 0.5) is 0 Å². The van der Waals surface area contributed by atoms with Gasteiger partial charge in [0.05, 0.1) is 24.2 Å². The normalized spacial score (nSPS) is 19.5. The second-order valence-electron chi connectivity index (χ2n) is 10.1. The SMILES string of the molecule is COCCN1C(N)=C(C#N)[C@@H](c2ccccc2OCc2cccc(C)c2)C2=C1CC(C)(C)CC2=O. The zero-order chi connectivity index (χ0) is 25.2. The highest BCUT2D eigenvalue weighted by Crippen LogP contribution is 2.50. The molecule has 6 heteroatoms. The summed E-state index contributed by atoms with van der Waals surface area (Å²) in [5.74, 6) is 0.519. The molecule has 0 amide bonds. The Morgan fingerprint density at radius 1 is 1.17 bits per heavy atom. The Bertz CT molecular complexity index is 1240. The van der Waals surface area contributed by atoms with E-state index in [9.17, 15) is 10.1 Å². The minimum atomic E-state index is -0.564. The average Bonchev–Trinajstić information content (AvgIpc) is 2.81. The van der Waals surface area contributed by atoms with Gasteiger partial charge in [0.1, 0.15) is 18.2 Å². The maximum atomic E-state index is 13.6. The maximum absolute atomic E-state index is 13.6. The van der Waals surface area contributed by atoms with Crippen molar-refractivity contribution in [2.45, 2.75) is 46.1 Å². The molecule has 0 bridgehead atoms. The van der Waals surface area contributed by atoms with E-state index in [2.05, 4.69) is 26.0 Å². The van der Waals surface area contributed by atoms with Gasteiger partial charge in [-0.2, -0.15) is 5.26 Å². The molecule has 0 saturated carbocycles. The number of hydrogen-bond acceptors (Lipinski definition) is 6. The topological polar surface area (TPSA) is 88.6 Å². The Morgan fingerprint density at radius 2 is 1.94 bits per heavy atom. The number of methoxy groups -OCH3 is 1. The van der Waals surface area contributed by atoms with Crippen LogP contribution in [-0.4, -0.2) is 30.9 Å². The van der Waals surface area contributed by atoms with Crippen molar-refractivity contribution < 1.29 is 14.3 Å². The van der Waals surface area contributed by atoms with Crippen molar-refractivity contribution in [2.24, 2.45) is 11.1 Å². The summed E-state index contributed by atoms with van der Waals surface area (Å²) in [5.41, 5.74) is 11.3. The number of hydrogen-bond donors (Lipinski definition) is 1. The lowest BCUT2D eigenvalue weighted by molar-refractivity contribution is -0.118. The Balaban J connectivity index is 1.81. The van der Waals surface area contributed by atoms with Gasteiger partial charge < -0.3 is 20.1 Å². The van der Waals surface area contributed by atoms with Crippen LogP contribution in [0.2, 0.25) is 0 Å². The number of allylic oxidation sites excluding steroid dienone is 3. The first-order valence-corrected chi connectivity index (χ1v) is 12.0. The molecule has 6 nitrogen and oxygen atoms in total. The van der Waals surface area contributed by atoms with Gasteiger partial charge in [0.15, 0.2) is 5.78 Å². The molecule has 2 aromatic carbocycles. The summed E-state index contributed by atoms with van der Waals surface area (Å²) in [7, 11) is 1.63. The van der Waals surface area contributed by atoms with Crippen molar-refractivity contribution in [3.05, 3.63) is 87.9 Å². The zero-order valence-electron chi connectivity index (χ0n) is 20.9. The molecule has 0 saturated heterocycles. The molecular formula is C29H33N3O3. The highest BCUT2D eigenvalue weighted by molar-refractivity contribution is 6.00. The zero-order valence-corrected chi connectivity index (χ0v) is 20.9. The van der Waals surface area contributed by atoms with Gasteiger partial charge in [0.25, 0.3) is 0 Å². The molecule has 0 spiro atoms. The quantitative estimate of drug-likeness (QED) is 0.614. The van der Waals surface area contributed by atoms with E-state index in [0.717, 1.165) is 22.4 Å². The third kappa shape index (κ3) is 4.96. The highest BCUT2D eigenvalue weighted by atomic mass is 16.5. The van der Waals surface area contributed by atoms with E-state index in [-0.39, 0.29) is 11.2 Å². The number of ether oxygens (including phenoxy) is 2. The largest absolute Gasteiger partial charge is 0.489 e. The lowest BCUT2D eigenvalue weighted by Gasteiger charge is -2.44. The van der Waals surface area contributed by atoms with Crippen molar-refractivity contribution in [1.29, 1.82) is 5.26 Å². The fraction of sp³-hybridized carbons (Fsp3) is 0.379. The summed E-state index contributed by atoms with van der Waals surface area (Å²) in [6, 6.07) is 18.1. The summed E-state index contributed by atoms with van der Waals surface area (Å²) in [6.45, 7) is 7.54. The monoisotopic (exact) mass is 471 g/mol. The van der Waals surface area contributed by atoms with Crippen LogP contribution in [0.3, 0.4) is 0 Å². The predicted molar refractivity (Wildman–Crippen MR) is 135 cm³/mol. The molecule has 1 aliphatic carbocycles. The molecule has 4 rings (SSSR count). The first kappa shape index (κ1) is 24.6.